The van der Waals surface area contributed by atoms with E-state index in [0.717, 1.165) is 30.8 Å². The van der Waals surface area contributed by atoms with Gasteiger partial charge in [0.2, 0.25) is 0 Å². The number of nitrogens with zero attached hydrogens (tertiary/aromatic N) is 3. The Hall–Kier alpha value is -2.31. The highest BCUT2D eigenvalue weighted by Crippen LogP contribution is 2.23. The number of nitrogens with one attached hydrogen (secondary N) is 3. The number of carbonyl (C=O) groups excluding carboxylic acids is 1. The molecule has 1 amide bonds. The lowest BCUT2D eigenvalue weighted by Crippen LogP contribution is -2.28. The van der Waals surface area contributed by atoms with E-state index in [0.29, 0.717) is 18.8 Å². The fourth-order valence-corrected chi connectivity index (χ4v) is 2.19. The average Bonchev–Trinajstić information content (AvgIpc) is 3.07. The van der Waals surface area contributed by atoms with Gasteiger partial charge in [-0.25, -0.2) is 0 Å². The second kappa shape index (κ2) is 5.13. The number of fused-ring (bicyclic) bond motifs is 1. The van der Waals surface area contributed by atoms with Crippen LogP contribution in [0.15, 0.2) is 18.5 Å². The summed E-state index contributed by atoms with van der Waals surface area (Å²) in [4.78, 5) is 12.0. The van der Waals surface area contributed by atoms with Crippen molar-refractivity contribution < 1.29 is 4.79 Å². The van der Waals surface area contributed by atoms with Crippen molar-refractivity contribution >= 4 is 11.6 Å². The number of hydrogen-bond acceptors (Lipinski definition) is 4. The maximum atomic E-state index is 12.0. The van der Waals surface area contributed by atoms with Crippen molar-refractivity contribution in [3.05, 3.63) is 29.8 Å². The Bertz CT molecular complexity index is 559. The van der Waals surface area contributed by atoms with Crippen LogP contribution in [0.1, 0.15) is 22.6 Å². The zero-order chi connectivity index (χ0) is 13.1. The van der Waals surface area contributed by atoms with E-state index in [9.17, 15) is 4.79 Å². The molecule has 19 heavy (non-hydrogen) atoms. The predicted octanol–water partition coefficient (Wildman–Crippen LogP) is 0.394. The van der Waals surface area contributed by atoms with Gasteiger partial charge in [0.05, 0.1) is 17.9 Å². The first-order chi connectivity index (χ1) is 9.34. The molecule has 3 N–H and O–H groups in total. The van der Waals surface area contributed by atoms with E-state index in [4.69, 9.17) is 0 Å². The van der Waals surface area contributed by atoms with E-state index in [1.165, 1.54) is 0 Å². The molecule has 3 heterocycles. The number of rotatable bonds is 4. The molecule has 7 heteroatoms. The van der Waals surface area contributed by atoms with Gasteiger partial charge < -0.3 is 10.6 Å². The van der Waals surface area contributed by atoms with Crippen molar-refractivity contribution in [1.82, 2.24) is 25.3 Å². The van der Waals surface area contributed by atoms with E-state index in [1.54, 1.807) is 10.9 Å². The van der Waals surface area contributed by atoms with Crippen LogP contribution >= 0.6 is 0 Å². The molecule has 0 fully saturated rings. The van der Waals surface area contributed by atoms with Crippen LogP contribution < -0.4 is 10.6 Å². The lowest BCUT2D eigenvalue weighted by atomic mass is 10.1. The Balaban J connectivity index is 1.59. The Morgan fingerprint density at radius 1 is 1.53 bits per heavy atom. The van der Waals surface area contributed by atoms with Gasteiger partial charge in [-0.2, -0.15) is 10.2 Å². The Kier molecular flexibility index (Phi) is 3.18. The molecule has 0 spiro atoms. The van der Waals surface area contributed by atoms with E-state index >= 15 is 0 Å². The largest absolute Gasteiger partial charge is 0.382 e. The third kappa shape index (κ3) is 2.44. The molecule has 2 aromatic rings. The van der Waals surface area contributed by atoms with Crippen molar-refractivity contribution in [3.63, 3.8) is 0 Å². The molecule has 0 aliphatic carbocycles. The summed E-state index contributed by atoms with van der Waals surface area (Å²) in [6.07, 6.45) is 5.59. The topological polar surface area (TPSA) is 87.6 Å². The number of hydrogen-bond donors (Lipinski definition) is 3. The van der Waals surface area contributed by atoms with Crippen molar-refractivity contribution in [2.75, 3.05) is 18.4 Å². The molecule has 1 aliphatic rings. The second-order valence-electron chi connectivity index (χ2n) is 4.48. The summed E-state index contributed by atoms with van der Waals surface area (Å²) in [6.45, 7) is 2.07. The van der Waals surface area contributed by atoms with Crippen LogP contribution in [0, 0.1) is 0 Å². The first kappa shape index (κ1) is 11.8. The maximum absolute atomic E-state index is 12.0. The zero-order valence-corrected chi connectivity index (χ0v) is 10.5. The maximum Gasteiger partial charge on any atom is 0.274 e. The third-order valence-electron chi connectivity index (χ3n) is 3.15. The first-order valence-corrected chi connectivity index (χ1v) is 6.41. The van der Waals surface area contributed by atoms with Crippen molar-refractivity contribution in [3.8, 4) is 0 Å². The molecule has 3 rings (SSSR count). The summed E-state index contributed by atoms with van der Waals surface area (Å²) in [5.41, 5.74) is 2.32. The molecule has 0 saturated heterocycles. The van der Waals surface area contributed by atoms with Crippen molar-refractivity contribution in [1.29, 1.82) is 0 Å². The highest BCUT2D eigenvalue weighted by Gasteiger charge is 2.21. The standard InChI is InChI=1S/C12H16N6O/c19-12(14-6-8-18-7-2-5-15-18)11-10-9(16-17-11)3-1-4-13-10/h2,5,7,13H,1,3-4,6,8H2,(H,14,19)(H,16,17). The molecule has 0 bridgehead atoms. The van der Waals surface area contributed by atoms with Gasteiger partial charge in [0, 0.05) is 25.5 Å². The highest BCUT2D eigenvalue weighted by molar-refractivity contribution is 5.98. The molecule has 0 radical (unpaired) electrons. The van der Waals surface area contributed by atoms with E-state index in [1.807, 2.05) is 12.3 Å². The predicted molar refractivity (Wildman–Crippen MR) is 70.0 cm³/mol. The van der Waals surface area contributed by atoms with Gasteiger partial charge in [-0.1, -0.05) is 0 Å². The highest BCUT2D eigenvalue weighted by atomic mass is 16.2. The number of amides is 1. The van der Waals surface area contributed by atoms with Gasteiger partial charge in [-0.15, -0.1) is 0 Å². The Labute approximate surface area is 110 Å². The third-order valence-corrected chi connectivity index (χ3v) is 3.15. The summed E-state index contributed by atoms with van der Waals surface area (Å²) in [5.74, 6) is -0.154. The normalized spacial score (nSPS) is 13.7. The van der Waals surface area contributed by atoms with Crippen LogP contribution in [-0.4, -0.2) is 39.0 Å². The van der Waals surface area contributed by atoms with Gasteiger partial charge >= 0.3 is 0 Å². The Morgan fingerprint density at radius 2 is 2.47 bits per heavy atom. The summed E-state index contributed by atoms with van der Waals surface area (Å²) >= 11 is 0. The van der Waals surface area contributed by atoms with E-state index in [-0.39, 0.29) is 5.91 Å². The van der Waals surface area contributed by atoms with Gasteiger partial charge in [-0.3, -0.25) is 14.6 Å². The lowest BCUT2D eigenvalue weighted by molar-refractivity contribution is 0.0947. The first-order valence-electron chi connectivity index (χ1n) is 6.41. The fraction of sp³-hybridized carbons (Fsp3) is 0.417. The number of H-pyrrole nitrogens is 1. The minimum Gasteiger partial charge on any atom is -0.382 e. The summed E-state index contributed by atoms with van der Waals surface area (Å²) in [7, 11) is 0. The smallest absolute Gasteiger partial charge is 0.274 e. The minimum absolute atomic E-state index is 0.154. The molecule has 1 aliphatic heterocycles. The number of aromatic amines is 1. The van der Waals surface area contributed by atoms with Crippen LogP contribution in [0.2, 0.25) is 0 Å². The van der Waals surface area contributed by atoms with E-state index < -0.39 is 0 Å². The van der Waals surface area contributed by atoms with Crippen molar-refractivity contribution in [2.45, 2.75) is 19.4 Å². The summed E-state index contributed by atoms with van der Waals surface area (Å²) in [6, 6.07) is 1.86. The van der Waals surface area contributed by atoms with Gasteiger partial charge in [0.25, 0.3) is 5.91 Å². The Morgan fingerprint density at radius 3 is 3.32 bits per heavy atom. The van der Waals surface area contributed by atoms with Crippen LogP contribution in [0.4, 0.5) is 5.69 Å². The molecule has 0 aromatic carbocycles. The number of aryl methyl sites for hydroxylation is 1. The van der Waals surface area contributed by atoms with Gasteiger partial charge in [-0.05, 0) is 18.9 Å². The quantitative estimate of drug-likeness (QED) is 0.742. The molecule has 0 saturated carbocycles. The van der Waals surface area contributed by atoms with Crippen LogP contribution in [0.3, 0.4) is 0 Å². The van der Waals surface area contributed by atoms with Gasteiger partial charge in [0.15, 0.2) is 5.69 Å². The molecule has 100 valence electrons. The number of aromatic nitrogens is 4. The van der Waals surface area contributed by atoms with E-state index in [2.05, 4.69) is 25.9 Å². The zero-order valence-electron chi connectivity index (χ0n) is 10.5. The summed E-state index contributed by atoms with van der Waals surface area (Å²) < 4.78 is 1.78. The van der Waals surface area contributed by atoms with Crippen molar-refractivity contribution in [2.24, 2.45) is 0 Å². The summed E-state index contributed by atoms with van der Waals surface area (Å²) in [5, 5.41) is 17.2. The average molecular weight is 260 g/mol. The second-order valence-corrected chi connectivity index (χ2v) is 4.48. The fourth-order valence-electron chi connectivity index (χ4n) is 2.19. The number of carbonyl (C=O) groups is 1. The molecule has 0 unspecified atom stereocenters. The van der Waals surface area contributed by atoms with Crippen LogP contribution in [-0.2, 0) is 13.0 Å². The molecular weight excluding hydrogens is 244 g/mol. The van der Waals surface area contributed by atoms with Crippen LogP contribution in [0.5, 0.6) is 0 Å². The molecule has 2 aromatic heterocycles. The monoisotopic (exact) mass is 260 g/mol. The number of anilines is 1. The lowest BCUT2D eigenvalue weighted by Gasteiger charge is -2.13. The minimum atomic E-state index is -0.154. The SMILES string of the molecule is O=C(NCCn1cccn1)c1n[nH]c2c1NCCC2. The molecule has 0 atom stereocenters. The molecular formula is C12H16N6O. The van der Waals surface area contributed by atoms with Crippen LogP contribution in [0.25, 0.3) is 0 Å². The molecule has 7 nitrogen and oxygen atoms in total. The van der Waals surface area contributed by atoms with Gasteiger partial charge in [0.1, 0.15) is 0 Å².